The smallest absolute Gasteiger partial charge is 0.252 e. The normalized spacial score (nSPS) is 22.0. The van der Waals surface area contributed by atoms with Crippen molar-refractivity contribution in [2.45, 2.75) is 38.3 Å². The molecule has 1 aliphatic carbocycles. The second kappa shape index (κ2) is 4.64. The molecule has 1 saturated carbocycles. The van der Waals surface area contributed by atoms with E-state index in [1.165, 1.54) is 4.90 Å². The molecule has 2 aliphatic rings. The van der Waals surface area contributed by atoms with Gasteiger partial charge in [0, 0.05) is 6.04 Å². The number of nitriles is 1. The van der Waals surface area contributed by atoms with Crippen molar-refractivity contribution in [3.63, 3.8) is 0 Å². The first kappa shape index (κ1) is 12.7. The topological polar surface area (TPSA) is 73.2 Å². The van der Waals surface area contributed by atoms with Crippen LogP contribution in [0.25, 0.3) is 0 Å². The minimum absolute atomic E-state index is 0.106. The molecule has 3 rings (SSSR count). The molecule has 1 unspecified atom stereocenters. The second-order valence-corrected chi connectivity index (χ2v) is 5.34. The highest BCUT2D eigenvalue weighted by atomic mass is 16.2. The van der Waals surface area contributed by atoms with Crippen LogP contribution in [0.1, 0.15) is 30.4 Å². The number of anilines is 1. The Labute approximate surface area is 117 Å². The molecule has 0 bridgehead atoms. The van der Waals surface area contributed by atoms with Gasteiger partial charge < -0.3 is 5.32 Å². The maximum atomic E-state index is 12.2. The van der Waals surface area contributed by atoms with Crippen LogP contribution in [0.5, 0.6) is 0 Å². The van der Waals surface area contributed by atoms with Crippen molar-refractivity contribution in [3.05, 3.63) is 29.3 Å². The first-order chi connectivity index (χ1) is 9.61. The molecule has 2 amide bonds. The number of hydrogen-bond acceptors (Lipinski definition) is 4. The molecule has 0 spiro atoms. The molecular formula is C15H15N3O2. The second-order valence-electron chi connectivity index (χ2n) is 5.34. The van der Waals surface area contributed by atoms with Crippen molar-refractivity contribution >= 4 is 17.5 Å². The van der Waals surface area contributed by atoms with Crippen LogP contribution in [0.3, 0.4) is 0 Å². The lowest BCUT2D eigenvalue weighted by atomic mass is 10.1. The summed E-state index contributed by atoms with van der Waals surface area (Å²) >= 11 is 0. The Morgan fingerprint density at radius 3 is 2.75 bits per heavy atom. The standard InChI is InChI=1S/C15H15N3O2/c1-9-3-2-4-12(11(9)8-16)17-13-7-14(19)18(15(13)20)10-5-6-10/h2-4,10,13,17H,5-7H2,1H3. The van der Waals surface area contributed by atoms with Gasteiger partial charge in [0.05, 0.1) is 17.7 Å². The molecule has 1 saturated heterocycles. The molecule has 1 heterocycles. The lowest BCUT2D eigenvalue weighted by molar-refractivity contribution is -0.139. The highest BCUT2D eigenvalue weighted by Gasteiger charge is 2.46. The third-order valence-electron chi connectivity index (χ3n) is 3.81. The summed E-state index contributed by atoms with van der Waals surface area (Å²) in [6.45, 7) is 1.85. The molecule has 1 aromatic carbocycles. The van der Waals surface area contributed by atoms with Crippen LogP contribution >= 0.6 is 0 Å². The predicted molar refractivity (Wildman–Crippen MR) is 72.8 cm³/mol. The fourth-order valence-corrected chi connectivity index (χ4v) is 2.60. The van der Waals surface area contributed by atoms with E-state index in [1.54, 1.807) is 6.07 Å². The zero-order chi connectivity index (χ0) is 14.3. The van der Waals surface area contributed by atoms with Gasteiger partial charge in [0.25, 0.3) is 5.91 Å². The molecule has 2 fully saturated rings. The summed E-state index contributed by atoms with van der Waals surface area (Å²) in [5, 5.41) is 12.2. The van der Waals surface area contributed by atoms with Crippen LogP contribution in [-0.2, 0) is 9.59 Å². The monoisotopic (exact) mass is 269 g/mol. The van der Waals surface area contributed by atoms with Crippen LogP contribution in [0.2, 0.25) is 0 Å². The van der Waals surface area contributed by atoms with Gasteiger partial charge in [-0.2, -0.15) is 5.26 Å². The number of nitrogens with zero attached hydrogens (tertiary/aromatic N) is 2. The molecule has 20 heavy (non-hydrogen) atoms. The molecule has 1 N–H and O–H groups in total. The largest absolute Gasteiger partial charge is 0.372 e. The number of imide groups is 1. The van der Waals surface area contributed by atoms with E-state index >= 15 is 0 Å². The van der Waals surface area contributed by atoms with Crippen molar-refractivity contribution in [1.82, 2.24) is 4.90 Å². The highest BCUT2D eigenvalue weighted by Crippen LogP contribution is 2.32. The van der Waals surface area contributed by atoms with Crippen molar-refractivity contribution in [2.75, 3.05) is 5.32 Å². The fourth-order valence-electron chi connectivity index (χ4n) is 2.60. The molecule has 5 heteroatoms. The van der Waals surface area contributed by atoms with Crippen LogP contribution in [-0.4, -0.2) is 28.8 Å². The van der Waals surface area contributed by atoms with E-state index in [0.29, 0.717) is 11.3 Å². The van der Waals surface area contributed by atoms with E-state index in [9.17, 15) is 14.9 Å². The first-order valence-corrected chi connectivity index (χ1v) is 6.74. The van der Waals surface area contributed by atoms with Crippen molar-refractivity contribution < 1.29 is 9.59 Å². The maximum absolute atomic E-state index is 12.2. The van der Waals surface area contributed by atoms with Crippen molar-refractivity contribution in [2.24, 2.45) is 0 Å². The van der Waals surface area contributed by atoms with Crippen LogP contribution in [0.4, 0.5) is 5.69 Å². The zero-order valence-corrected chi connectivity index (χ0v) is 11.2. The number of benzene rings is 1. The third-order valence-corrected chi connectivity index (χ3v) is 3.81. The van der Waals surface area contributed by atoms with E-state index < -0.39 is 6.04 Å². The minimum atomic E-state index is -0.544. The SMILES string of the molecule is Cc1cccc(NC2CC(=O)N(C3CC3)C2=O)c1C#N. The Balaban J connectivity index is 1.82. The summed E-state index contributed by atoms with van der Waals surface area (Å²) in [6.07, 6.45) is 2.00. The van der Waals surface area contributed by atoms with E-state index in [0.717, 1.165) is 18.4 Å². The Morgan fingerprint density at radius 2 is 2.10 bits per heavy atom. The number of carbonyl (C=O) groups excluding carboxylic acids is 2. The fraction of sp³-hybridized carbons (Fsp3) is 0.400. The average molecular weight is 269 g/mol. The lowest BCUT2D eigenvalue weighted by Gasteiger charge is -2.16. The number of likely N-dealkylation sites (tertiary alicyclic amines) is 1. The number of rotatable bonds is 3. The van der Waals surface area contributed by atoms with Gasteiger partial charge in [-0.05, 0) is 31.4 Å². The van der Waals surface area contributed by atoms with Gasteiger partial charge in [0.15, 0.2) is 0 Å². The zero-order valence-electron chi connectivity index (χ0n) is 11.2. The number of amides is 2. The van der Waals surface area contributed by atoms with E-state index in [2.05, 4.69) is 11.4 Å². The van der Waals surface area contributed by atoms with Crippen LogP contribution < -0.4 is 5.32 Å². The Bertz CT molecular complexity index is 628. The summed E-state index contributed by atoms with van der Waals surface area (Å²) in [7, 11) is 0. The molecule has 1 atom stereocenters. The van der Waals surface area contributed by atoms with Gasteiger partial charge in [-0.15, -0.1) is 0 Å². The molecule has 0 aromatic heterocycles. The quantitative estimate of drug-likeness (QED) is 0.845. The van der Waals surface area contributed by atoms with Gasteiger partial charge in [-0.3, -0.25) is 14.5 Å². The highest BCUT2D eigenvalue weighted by molar-refractivity contribution is 6.07. The first-order valence-electron chi connectivity index (χ1n) is 6.74. The van der Waals surface area contributed by atoms with E-state index in [1.807, 2.05) is 19.1 Å². The van der Waals surface area contributed by atoms with Gasteiger partial charge in [0.1, 0.15) is 12.1 Å². The lowest BCUT2D eigenvalue weighted by Crippen LogP contribution is -2.36. The summed E-state index contributed by atoms with van der Waals surface area (Å²) in [5.74, 6) is -0.274. The summed E-state index contributed by atoms with van der Waals surface area (Å²) in [4.78, 5) is 25.5. The minimum Gasteiger partial charge on any atom is -0.372 e. The Hall–Kier alpha value is -2.35. The molecule has 0 radical (unpaired) electrons. The molecular weight excluding hydrogens is 254 g/mol. The molecule has 102 valence electrons. The third kappa shape index (κ3) is 2.03. The average Bonchev–Trinajstić information content (AvgIpc) is 3.19. The van der Waals surface area contributed by atoms with E-state index in [-0.39, 0.29) is 24.3 Å². The molecule has 5 nitrogen and oxygen atoms in total. The summed E-state index contributed by atoms with van der Waals surface area (Å²) < 4.78 is 0. The molecule has 1 aromatic rings. The number of hydrogen-bond donors (Lipinski definition) is 1. The van der Waals surface area contributed by atoms with Gasteiger partial charge >= 0.3 is 0 Å². The van der Waals surface area contributed by atoms with Gasteiger partial charge in [0.2, 0.25) is 5.91 Å². The van der Waals surface area contributed by atoms with Crippen molar-refractivity contribution in [1.29, 1.82) is 5.26 Å². The van der Waals surface area contributed by atoms with Crippen LogP contribution in [0.15, 0.2) is 18.2 Å². The number of aryl methyl sites for hydroxylation is 1. The number of nitrogens with one attached hydrogen (secondary N) is 1. The van der Waals surface area contributed by atoms with Crippen LogP contribution in [0, 0.1) is 18.3 Å². The predicted octanol–water partition coefficient (Wildman–Crippen LogP) is 1.57. The Morgan fingerprint density at radius 1 is 1.35 bits per heavy atom. The molecule has 1 aliphatic heterocycles. The maximum Gasteiger partial charge on any atom is 0.252 e. The van der Waals surface area contributed by atoms with Gasteiger partial charge in [-0.1, -0.05) is 12.1 Å². The van der Waals surface area contributed by atoms with Gasteiger partial charge in [-0.25, -0.2) is 0 Å². The summed E-state index contributed by atoms with van der Waals surface area (Å²) in [5.41, 5.74) is 2.00. The van der Waals surface area contributed by atoms with Crippen molar-refractivity contribution in [3.8, 4) is 6.07 Å². The Kier molecular flexibility index (Phi) is 2.94. The van der Waals surface area contributed by atoms with E-state index in [4.69, 9.17) is 0 Å². The summed E-state index contributed by atoms with van der Waals surface area (Å²) in [6, 6.07) is 7.15. The number of carbonyl (C=O) groups is 2.